The van der Waals surface area contributed by atoms with E-state index in [0.717, 1.165) is 7.11 Å². The highest BCUT2D eigenvalue weighted by atomic mass is 35.5. The number of rotatable bonds is 2. The van der Waals surface area contributed by atoms with Crippen molar-refractivity contribution in [3.63, 3.8) is 0 Å². The summed E-state index contributed by atoms with van der Waals surface area (Å²) in [5, 5.41) is 3.35. The molecule has 16 heavy (non-hydrogen) atoms. The smallest absolute Gasteiger partial charge is 0.242 e. The molecule has 0 amide bonds. The zero-order chi connectivity index (χ0) is 12.7. The molecule has 0 atom stereocenters. The van der Waals surface area contributed by atoms with E-state index in [4.69, 9.17) is 11.6 Å². The van der Waals surface area contributed by atoms with Crippen molar-refractivity contribution in [2.24, 2.45) is 5.14 Å². The van der Waals surface area contributed by atoms with Crippen LogP contribution in [0.3, 0.4) is 0 Å². The second-order valence-electron chi connectivity index (χ2n) is 2.66. The Hall–Kier alpha value is -0.990. The fraction of sp³-hybridized carbons (Fsp3) is 0.143. The summed E-state index contributed by atoms with van der Waals surface area (Å²) in [6.07, 6.45) is 0. The Morgan fingerprint density at radius 1 is 1.19 bits per heavy atom. The Bertz CT molecular complexity index is 547. The van der Waals surface area contributed by atoms with Crippen LogP contribution in [-0.4, -0.2) is 15.5 Å². The zero-order valence-corrected chi connectivity index (χ0v) is 9.29. The SMILES string of the molecule is COc1c(F)c(F)c(Cl)c(S(N)(=O)=O)c1F. The van der Waals surface area contributed by atoms with Crippen molar-refractivity contribution in [2.45, 2.75) is 4.90 Å². The molecule has 1 aromatic carbocycles. The molecule has 1 rings (SSSR count). The van der Waals surface area contributed by atoms with Gasteiger partial charge >= 0.3 is 0 Å². The average Bonchev–Trinajstić information content (AvgIpc) is 2.13. The molecule has 0 aliphatic carbocycles. The Morgan fingerprint density at radius 3 is 2.06 bits per heavy atom. The van der Waals surface area contributed by atoms with E-state index in [-0.39, 0.29) is 0 Å². The molecule has 1 aromatic rings. The first kappa shape index (κ1) is 13.1. The van der Waals surface area contributed by atoms with E-state index >= 15 is 0 Å². The fourth-order valence-corrected chi connectivity index (χ4v) is 2.19. The van der Waals surface area contributed by atoms with Crippen LogP contribution in [0, 0.1) is 17.5 Å². The largest absolute Gasteiger partial charge is 0.491 e. The summed E-state index contributed by atoms with van der Waals surface area (Å²) in [4.78, 5) is -1.34. The van der Waals surface area contributed by atoms with Crippen LogP contribution in [0.4, 0.5) is 13.2 Å². The van der Waals surface area contributed by atoms with E-state index in [1.807, 2.05) is 0 Å². The Morgan fingerprint density at radius 2 is 1.69 bits per heavy atom. The molecule has 4 nitrogen and oxygen atoms in total. The number of hydrogen-bond donors (Lipinski definition) is 1. The van der Waals surface area contributed by atoms with Gasteiger partial charge in [-0.3, -0.25) is 0 Å². The third-order valence-corrected chi connectivity index (χ3v) is 3.09. The highest BCUT2D eigenvalue weighted by molar-refractivity contribution is 7.89. The molecule has 0 saturated carbocycles. The molecule has 0 bridgehead atoms. The molecule has 0 heterocycles. The van der Waals surface area contributed by atoms with E-state index in [2.05, 4.69) is 9.88 Å². The van der Waals surface area contributed by atoms with Crippen LogP contribution < -0.4 is 9.88 Å². The molecule has 0 fully saturated rings. The Labute approximate surface area is 93.8 Å². The minimum atomic E-state index is -4.63. The van der Waals surface area contributed by atoms with Crippen LogP contribution in [0.25, 0.3) is 0 Å². The van der Waals surface area contributed by atoms with Crippen LogP contribution in [0.5, 0.6) is 5.75 Å². The molecule has 0 unspecified atom stereocenters. The molecule has 0 radical (unpaired) electrons. The summed E-state index contributed by atoms with van der Waals surface area (Å²) >= 11 is 5.15. The molecular formula is C7H5ClF3NO3S. The minimum absolute atomic E-state index is 0.835. The number of primary sulfonamides is 1. The molecule has 0 saturated heterocycles. The second-order valence-corrected chi connectivity index (χ2v) is 4.54. The van der Waals surface area contributed by atoms with Crippen LogP contribution in [0.15, 0.2) is 4.90 Å². The summed E-state index contributed by atoms with van der Waals surface area (Å²) in [6.45, 7) is 0. The first-order valence-corrected chi connectivity index (χ1v) is 5.57. The van der Waals surface area contributed by atoms with E-state index < -0.39 is 43.1 Å². The van der Waals surface area contributed by atoms with Gasteiger partial charge in [0.15, 0.2) is 17.4 Å². The lowest BCUT2D eigenvalue weighted by Gasteiger charge is -2.10. The van der Waals surface area contributed by atoms with Crippen molar-refractivity contribution >= 4 is 21.6 Å². The van der Waals surface area contributed by atoms with E-state index in [1.165, 1.54) is 0 Å². The van der Waals surface area contributed by atoms with Crippen LogP contribution in [-0.2, 0) is 10.0 Å². The van der Waals surface area contributed by atoms with Gasteiger partial charge in [-0.15, -0.1) is 0 Å². The average molecular weight is 276 g/mol. The van der Waals surface area contributed by atoms with E-state index in [0.29, 0.717) is 0 Å². The van der Waals surface area contributed by atoms with Gasteiger partial charge in [0.2, 0.25) is 15.8 Å². The van der Waals surface area contributed by atoms with Crippen molar-refractivity contribution in [3.8, 4) is 5.75 Å². The van der Waals surface area contributed by atoms with Gasteiger partial charge in [0.05, 0.1) is 7.11 Å². The predicted molar refractivity (Wildman–Crippen MR) is 49.3 cm³/mol. The normalized spacial score (nSPS) is 11.6. The van der Waals surface area contributed by atoms with Gasteiger partial charge in [-0.1, -0.05) is 11.6 Å². The Kier molecular flexibility index (Phi) is 3.36. The molecule has 0 spiro atoms. The number of nitrogens with two attached hydrogens (primary N) is 1. The lowest BCUT2D eigenvalue weighted by Crippen LogP contribution is -2.17. The van der Waals surface area contributed by atoms with Gasteiger partial charge in [-0.05, 0) is 0 Å². The second kappa shape index (κ2) is 4.11. The molecule has 90 valence electrons. The highest BCUT2D eigenvalue weighted by Crippen LogP contribution is 2.35. The highest BCUT2D eigenvalue weighted by Gasteiger charge is 2.30. The van der Waals surface area contributed by atoms with Crippen molar-refractivity contribution in [1.29, 1.82) is 0 Å². The van der Waals surface area contributed by atoms with E-state index in [1.54, 1.807) is 0 Å². The first-order chi connectivity index (χ1) is 7.21. The predicted octanol–water partition coefficient (Wildman–Crippen LogP) is 1.41. The number of halogens is 4. The molecule has 9 heteroatoms. The topological polar surface area (TPSA) is 69.4 Å². The van der Waals surface area contributed by atoms with Gasteiger partial charge in [-0.25, -0.2) is 22.3 Å². The van der Waals surface area contributed by atoms with Gasteiger partial charge in [-0.2, -0.15) is 4.39 Å². The summed E-state index contributed by atoms with van der Waals surface area (Å²) in [5.41, 5.74) is 0. The zero-order valence-electron chi connectivity index (χ0n) is 7.72. The summed E-state index contributed by atoms with van der Waals surface area (Å²) in [6, 6.07) is 0. The number of benzene rings is 1. The maximum Gasteiger partial charge on any atom is 0.242 e. The van der Waals surface area contributed by atoms with Crippen molar-refractivity contribution in [1.82, 2.24) is 0 Å². The van der Waals surface area contributed by atoms with Crippen molar-refractivity contribution in [3.05, 3.63) is 22.5 Å². The van der Waals surface area contributed by atoms with Crippen molar-refractivity contribution in [2.75, 3.05) is 7.11 Å². The van der Waals surface area contributed by atoms with Crippen molar-refractivity contribution < 1.29 is 26.3 Å². The molecule has 0 aromatic heterocycles. The molecule has 0 aliphatic rings. The van der Waals surface area contributed by atoms with Gasteiger partial charge in [0, 0.05) is 0 Å². The van der Waals surface area contributed by atoms with Gasteiger partial charge in [0.1, 0.15) is 9.92 Å². The standard InChI is InChI=1S/C7H5ClF3NO3S/c1-15-6-4(10)3(9)2(8)7(5(6)11)16(12,13)14/h1H3,(H2,12,13,14). The maximum absolute atomic E-state index is 13.4. The summed E-state index contributed by atoms with van der Waals surface area (Å²) in [7, 11) is -3.79. The summed E-state index contributed by atoms with van der Waals surface area (Å²) < 4.78 is 65.5. The summed E-state index contributed by atoms with van der Waals surface area (Å²) in [5.74, 6) is -6.35. The number of hydrogen-bond acceptors (Lipinski definition) is 3. The van der Waals surface area contributed by atoms with Crippen LogP contribution in [0.2, 0.25) is 5.02 Å². The Balaban J connectivity index is 3.84. The van der Waals surface area contributed by atoms with Gasteiger partial charge in [0.25, 0.3) is 0 Å². The quantitative estimate of drug-likeness (QED) is 0.655. The van der Waals surface area contributed by atoms with Crippen LogP contribution >= 0.6 is 11.6 Å². The maximum atomic E-state index is 13.4. The number of sulfonamides is 1. The first-order valence-electron chi connectivity index (χ1n) is 3.64. The monoisotopic (exact) mass is 275 g/mol. The molecule has 2 N–H and O–H groups in total. The lowest BCUT2D eigenvalue weighted by atomic mass is 10.3. The number of ether oxygens (including phenoxy) is 1. The lowest BCUT2D eigenvalue weighted by molar-refractivity contribution is 0.340. The van der Waals surface area contributed by atoms with Crippen LogP contribution in [0.1, 0.15) is 0 Å². The third kappa shape index (κ3) is 1.95. The van der Waals surface area contributed by atoms with E-state index in [9.17, 15) is 21.6 Å². The molecular weight excluding hydrogens is 271 g/mol. The van der Waals surface area contributed by atoms with Gasteiger partial charge < -0.3 is 4.74 Å². The fourth-order valence-electron chi connectivity index (χ4n) is 1.02. The molecule has 0 aliphatic heterocycles. The minimum Gasteiger partial charge on any atom is -0.491 e. The number of methoxy groups -OCH3 is 1. The third-order valence-electron chi connectivity index (χ3n) is 1.67.